The number of hydrogen-bond acceptors (Lipinski definition) is 2. The van der Waals surface area contributed by atoms with Crippen molar-refractivity contribution in [3.8, 4) is 0 Å². The van der Waals surface area contributed by atoms with Crippen LogP contribution in [0.15, 0.2) is 5.16 Å². The molecule has 1 unspecified atom stereocenters. The SMILES string of the molecule is C/C(=N\O)C(Cl)C(Cl)(Cl)Cl. The van der Waals surface area contributed by atoms with E-state index in [0.29, 0.717) is 0 Å². The molecule has 0 aromatic heterocycles. The Morgan fingerprint density at radius 2 is 1.90 bits per heavy atom. The molecule has 2 nitrogen and oxygen atoms in total. The molecule has 60 valence electrons. The van der Waals surface area contributed by atoms with Crippen LogP contribution in [-0.4, -0.2) is 20.1 Å². The van der Waals surface area contributed by atoms with Crippen LogP contribution in [-0.2, 0) is 0 Å². The highest BCUT2D eigenvalue weighted by molar-refractivity contribution is 6.71. The molecule has 0 saturated heterocycles. The molecule has 0 aliphatic heterocycles. The van der Waals surface area contributed by atoms with Crippen molar-refractivity contribution >= 4 is 52.1 Å². The Morgan fingerprint density at radius 1 is 1.50 bits per heavy atom. The lowest BCUT2D eigenvalue weighted by atomic mass is 10.3. The van der Waals surface area contributed by atoms with E-state index in [2.05, 4.69) is 5.16 Å². The molecule has 1 N–H and O–H groups in total. The summed E-state index contributed by atoms with van der Waals surface area (Å²) in [5, 5.41) is 10.1. The zero-order valence-corrected chi connectivity index (χ0v) is 8.01. The fourth-order valence-corrected chi connectivity index (χ4v) is 0.805. The molecule has 0 amide bonds. The van der Waals surface area contributed by atoms with E-state index in [1.165, 1.54) is 6.92 Å². The minimum absolute atomic E-state index is 0.168. The Kier molecular flexibility index (Phi) is 4.10. The van der Waals surface area contributed by atoms with Gasteiger partial charge in [-0.05, 0) is 6.92 Å². The number of halogens is 4. The fourth-order valence-electron chi connectivity index (χ4n) is 0.288. The highest BCUT2D eigenvalue weighted by Crippen LogP contribution is 2.34. The van der Waals surface area contributed by atoms with Crippen LogP contribution in [0.1, 0.15) is 6.92 Å². The molecule has 0 aromatic carbocycles. The Labute approximate surface area is 78.7 Å². The van der Waals surface area contributed by atoms with Gasteiger partial charge < -0.3 is 5.21 Å². The first-order valence-electron chi connectivity index (χ1n) is 2.29. The number of hydrogen-bond donors (Lipinski definition) is 1. The number of rotatable bonds is 1. The predicted molar refractivity (Wildman–Crippen MR) is 44.8 cm³/mol. The molecule has 0 rings (SSSR count). The van der Waals surface area contributed by atoms with Crippen LogP contribution in [0.3, 0.4) is 0 Å². The molecule has 0 fully saturated rings. The number of nitrogens with zero attached hydrogens (tertiary/aromatic N) is 1. The predicted octanol–water partition coefficient (Wildman–Crippen LogP) is 2.81. The van der Waals surface area contributed by atoms with E-state index in [4.69, 9.17) is 51.6 Å². The van der Waals surface area contributed by atoms with Crippen molar-refractivity contribution in [1.29, 1.82) is 0 Å². The van der Waals surface area contributed by atoms with Crippen molar-refractivity contribution in [2.24, 2.45) is 5.16 Å². The molecule has 0 spiro atoms. The molecule has 0 aromatic rings. The summed E-state index contributed by atoms with van der Waals surface area (Å²) < 4.78 is -1.63. The third-order valence-corrected chi connectivity index (χ3v) is 2.44. The highest BCUT2D eigenvalue weighted by Gasteiger charge is 2.33. The van der Waals surface area contributed by atoms with Crippen LogP contribution in [0.4, 0.5) is 0 Å². The summed E-state index contributed by atoms with van der Waals surface area (Å²) in [6.07, 6.45) is 0. The lowest BCUT2D eigenvalue weighted by Crippen LogP contribution is -2.26. The minimum atomic E-state index is -1.63. The average molecular weight is 225 g/mol. The first-order valence-corrected chi connectivity index (χ1v) is 3.86. The summed E-state index contributed by atoms with van der Waals surface area (Å²) in [4.78, 5) is 0. The zero-order chi connectivity index (χ0) is 8.36. The van der Waals surface area contributed by atoms with Gasteiger partial charge in [0.2, 0.25) is 3.79 Å². The number of alkyl halides is 4. The maximum atomic E-state index is 8.20. The normalized spacial score (nSPS) is 17.1. The van der Waals surface area contributed by atoms with Crippen molar-refractivity contribution < 1.29 is 5.21 Å². The molecular weight excluding hydrogens is 220 g/mol. The Bertz CT molecular complexity index is 141. The maximum Gasteiger partial charge on any atom is 0.212 e. The highest BCUT2D eigenvalue weighted by atomic mass is 35.6. The third-order valence-electron chi connectivity index (χ3n) is 0.812. The second-order valence-corrected chi connectivity index (χ2v) is 4.45. The zero-order valence-electron chi connectivity index (χ0n) is 4.98. The van der Waals surface area contributed by atoms with Crippen LogP contribution < -0.4 is 0 Å². The molecular formula is C4H5Cl4NO. The van der Waals surface area contributed by atoms with Crippen molar-refractivity contribution in [2.75, 3.05) is 0 Å². The Hall–Kier alpha value is 0.630. The van der Waals surface area contributed by atoms with E-state index < -0.39 is 9.17 Å². The summed E-state index contributed by atoms with van der Waals surface area (Å²) >= 11 is 21.6. The Balaban J connectivity index is 4.23. The largest absolute Gasteiger partial charge is 0.411 e. The topological polar surface area (TPSA) is 32.6 Å². The van der Waals surface area contributed by atoms with Gasteiger partial charge in [0.1, 0.15) is 5.38 Å². The standard InChI is InChI=1S/C4H5Cl4NO/c1-2(9-10)3(5)4(6,7)8/h3,10H,1H3/b9-2+. The van der Waals surface area contributed by atoms with E-state index >= 15 is 0 Å². The van der Waals surface area contributed by atoms with Crippen molar-refractivity contribution in [3.63, 3.8) is 0 Å². The molecule has 6 heteroatoms. The molecule has 0 aliphatic rings. The van der Waals surface area contributed by atoms with E-state index in [0.717, 1.165) is 0 Å². The molecule has 0 heterocycles. The third kappa shape index (κ3) is 3.15. The molecule has 0 saturated carbocycles. The van der Waals surface area contributed by atoms with Gasteiger partial charge in [0.15, 0.2) is 0 Å². The first kappa shape index (κ1) is 10.6. The van der Waals surface area contributed by atoms with Crippen molar-refractivity contribution in [3.05, 3.63) is 0 Å². The second kappa shape index (κ2) is 3.86. The van der Waals surface area contributed by atoms with Crippen molar-refractivity contribution in [1.82, 2.24) is 0 Å². The van der Waals surface area contributed by atoms with Gasteiger partial charge in [-0.25, -0.2) is 0 Å². The van der Waals surface area contributed by atoms with Gasteiger partial charge in [0, 0.05) is 0 Å². The van der Waals surface area contributed by atoms with Crippen LogP contribution >= 0.6 is 46.4 Å². The fraction of sp³-hybridized carbons (Fsp3) is 0.750. The summed E-state index contributed by atoms with van der Waals surface area (Å²) in [7, 11) is 0. The molecule has 0 aliphatic carbocycles. The van der Waals surface area contributed by atoms with Crippen molar-refractivity contribution in [2.45, 2.75) is 16.1 Å². The number of oxime groups is 1. The first-order chi connectivity index (χ1) is 4.39. The van der Waals surface area contributed by atoms with Gasteiger partial charge in [0.25, 0.3) is 0 Å². The van der Waals surface area contributed by atoms with Gasteiger partial charge in [-0.15, -0.1) is 11.6 Å². The van der Waals surface area contributed by atoms with Gasteiger partial charge in [-0.1, -0.05) is 40.0 Å². The molecule has 10 heavy (non-hydrogen) atoms. The van der Waals surface area contributed by atoms with Crippen LogP contribution in [0.25, 0.3) is 0 Å². The monoisotopic (exact) mass is 223 g/mol. The molecule has 0 radical (unpaired) electrons. The van der Waals surface area contributed by atoms with Gasteiger partial charge in [-0.2, -0.15) is 0 Å². The van der Waals surface area contributed by atoms with Gasteiger partial charge >= 0.3 is 0 Å². The van der Waals surface area contributed by atoms with E-state index in [9.17, 15) is 0 Å². The summed E-state index contributed by atoms with van der Waals surface area (Å²) in [5.41, 5.74) is 0.168. The quantitative estimate of drug-likeness (QED) is 0.316. The average Bonchev–Trinajstić information content (AvgIpc) is 1.83. The summed E-state index contributed by atoms with van der Waals surface area (Å²) in [6, 6.07) is 0. The minimum Gasteiger partial charge on any atom is -0.411 e. The van der Waals surface area contributed by atoms with E-state index in [1.807, 2.05) is 0 Å². The lowest BCUT2D eigenvalue weighted by molar-refractivity contribution is 0.317. The summed E-state index contributed by atoms with van der Waals surface area (Å²) in [5.74, 6) is 0. The Morgan fingerprint density at radius 3 is 2.00 bits per heavy atom. The van der Waals surface area contributed by atoms with Crippen LogP contribution in [0.2, 0.25) is 0 Å². The second-order valence-electron chi connectivity index (χ2n) is 1.65. The maximum absolute atomic E-state index is 8.20. The van der Waals surface area contributed by atoms with Crippen LogP contribution in [0, 0.1) is 0 Å². The van der Waals surface area contributed by atoms with Gasteiger partial charge in [0.05, 0.1) is 5.71 Å². The molecule has 1 atom stereocenters. The van der Waals surface area contributed by atoms with E-state index in [1.54, 1.807) is 0 Å². The van der Waals surface area contributed by atoms with Gasteiger partial charge in [-0.3, -0.25) is 0 Å². The van der Waals surface area contributed by atoms with E-state index in [-0.39, 0.29) is 5.71 Å². The summed E-state index contributed by atoms with van der Waals surface area (Å²) in [6.45, 7) is 1.46. The van der Waals surface area contributed by atoms with Crippen LogP contribution in [0.5, 0.6) is 0 Å². The smallest absolute Gasteiger partial charge is 0.212 e. The lowest BCUT2D eigenvalue weighted by Gasteiger charge is -2.15. The molecule has 0 bridgehead atoms.